The minimum Gasteiger partial charge on any atom is -0.395 e. The van der Waals surface area contributed by atoms with Gasteiger partial charge in [-0.15, -0.1) is 0 Å². The van der Waals surface area contributed by atoms with Gasteiger partial charge < -0.3 is 19.8 Å². The van der Waals surface area contributed by atoms with Crippen molar-refractivity contribution >= 4 is 5.69 Å². The number of hydrogen-bond donors (Lipinski definition) is 2. The molecule has 1 aromatic carbocycles. The second kappa shape index (κ2) is 7.43. The first-order valence-corrected chi connectivity index (χ1v) is 6.34. The van der Waals surface area contributed by atoms with Gasteiger partial charge in [0, 0.05) is 31.5 Å². The number of rotatable bonds is 7. The minimum atomic E-state index is -0.770. The molecule has 2 N–H and O–H groups in total. The Morgan fingerprint density at radius 1 is 1.37 bits per heavy atom. The van der Waals surface area contributed by atoms with Crippen LogP contribution < -0.4 is 4.90 Å². The van der Waals surface area contributed by atoms with Gasteiger partial charge in [-0.05, 0) is 31.5 Å². The summed E-state index contributed by atoms with van der Waals surface area (Å²) in [6.07, 6.45) is -0.770. The van der Waals surface area contributed by atoms with Crippen LogP contribution in [0.2, 0.25) is 0 Å². The lowest BCUT2D eigenvalue weighted by molar-refractivity contribution is 0.195. The van der Waals surface area contributed by atoms with E-state index in [0.717, 1.165) is 5.69 Å². The monoisotopic (exact) mass is 271 g/mol. The number of nitrogens with zero attached hydrogens (tertiary/aromatic N) is 1. The maximum Gasteiger partial charge on any atom is 0.126 e. The standard InChI is InChI=1S/C14H22FNO3/c1-10-8-14(12(11(2)18)9-13(10)15)16(4-6-17)5-7-19-3/h8-9,11,17-18H,4-7H2,1-3H3. The number of anilines is 1. The van der Waals surface area contributed by atoms with Crippen molar-refractivity contribution in [1.29, 1.82) is 0 Å². The summed E-state index contributed by atoms with van der Waals surface area (Å²) in [5.41, 5.74) is 1.77. The number of halogens is 1. The molecule has 0 aliphatic rings. The van der Waals surface area contributed by atoms with Gasteiger partial charge in [-0.2, -0.15) is 0 Å². The fraction of sp³-hybridized carbons (Fsp3) is 0.571. The highest BCUT2D eigenvalue weighted by Gasteiger charge is 2.16. The fourth-order valence-corrected chi connectivity index (χ4v) is 1.97. The van der Waals surface area contributed by atoms with E-state index >= 15 is 0 Å². The van der Waals surface area contributed by atoms with Crippen LogP contribution >= 0.6 is 0 Å². The predicted octanol–water partition coefficient (Wildman–Crippen LogP) is 1.63. The Labute approximate surface area is 113 Å². The van der Waals surface area contributed by atoms with Gasteiger partial charge in [0.2, 0.25) is 0 Å². The van der Waals surface area contributed by atoms with E-state index in [1.54, 1.807) is 27.0 Å². The molecule has 0 aromatic heterocycles. The van der Waals surface area contributed by atoms with Gasteiger partial charge in [-0.1, -0.05) is 0 Å². The van der Waals surface area contributed by atoms with Crippen molar-refractivity contribution in [3.8, 4) is 0 Å². The Hall–Kier alpha value is -1.17. The smallest absolute Gasteiger partial charge is 0.126 e. The van der Waals surface area contributed by atoms with Gasteiger partial charge >= 0.3 is 0 Å². The zero-order valence-corrected chi connectivity index (χ0v) is 11.7. The minimum absolute atomic E-state index is 0.0145. The van der Waals surface area contributed by atoms with E-state index in [1.807, 2.05) is 4.90 Å². The van der Waals surface area contributed by atoms with E-state index in [0.29, 0.717) is 30.8 Å². The molecule has 0 amide bonds. The molecule has 4 nitrogen and oxygen atoms in total. The molecule has 1 aromatic rings. The van der Waals surface area contributed by atoms with Crippen LogP contribution in [0.15, 0.2) is 12.1 Å². The van der Waals surface area contributed by atoms with Crippen LogP contribution in [-0.2, 0) is 4.74 Å². The highest BCUT2D eigenvalue weighted by atomic mass is 19.1. The van der Waals surface area contributed by atoms with Crippen LogP contribution in [0, 0.1) is 12.7 Å². The Balaban J connectivity index is 3.15. The number of aliphatic hydroxyl groups is 2. The van der Waals surface area contributed by atoms with E-state index < -0.39 is 6.10 Å². The van der Waals surface area contributed by atoms with Gasteiger partial charge in [0.05, 0.1) is 19.3 Å². The molecule has 1 atom stereocenters. The Kier molecular flexibility index (Phi) is 6.21. The maximum atomic E-state index is 13.6. The van der Waals surface area contributed by atoms with E-state index in [2.05, 4.69) is 0 Å². The molecule has 1 unspecified atom stereocenters. The zero-order valence-electron chi connectivity index (χ0n) is 11.7. The molecule has 0 saturated heterocycles. The molecule has 0 bridgehead atoms. The third kappa shape index (κ3) is 4.16. The molecule has 108 valence electrons. The van der Waals surface area contributed by atoms with E-state index in [1.165, 1.54) is 6.07 Å². The van der Waals surface area contributed by atoms with Crippen LogP contribution in [0.1, 0.15) is 24.2 Å². The summed E-state index contributed by atoms with van der Waals surface area (Å²) in [6, 6.07) is 3.05. The number of ether oxygens (including phenoxy) is 1. The van der Waals surface area contributed by atoms with Crippen molar-refractivity contribution in [2.75, 3.05) is 38.3 Å². The first-order chi connectivity index (χ1) is 9.01. The van der Waals surface area contributed by atoms with Gasteiger partial charge in [0.1, 0.15) is 5.82 Å². The summed E-state index contributed by atoms with van der Waals surface area (Å²) < 4.78 is 18.7. The summed E-state index contributed by atoms with van der Waals surface area (Å²) in [7, 11) is 1.60. The molecule has 5 heteroatoms. The molecule has 1 rings (SSSR count). The molecule has 0 aliphatic heterocycles. The highest BCUT2D eigenvalue weighted by Crippen LogP contribution is 2.29. The van der Waals surface area contributed by atoms with Crippen LogP contribution in [-0.4, -0.2) is 43.6 Å². The second-order valence-electron chi connectivity index (χ2n) is 4.54. The average molecular weight is 271 g/mol. The lowest BCUT2D eigenvalue weighted by Crippen LogP contribution is -2.31. The predicted molar refractivity (Wildman–Crippen MR) is 72.9 cm³/mol. The fourth-order valence-electron chi connectivity index (χ4n) is 1.97. The number of hydrogen-bond acceptors (Lipinski definition) is 4. The summed E-state index contributed by atoms with van der Waals surface area (Å²) >= 11 is 0. The number of aryl methyl sites for hydroxylation is 1. The maximum absolute atomic E-state index is 13.6. The second-order valence-corrected chi connectivity index (χ2v) is 4.54. The lowest BCUT2D eigenvalue weighted by atomic mass is 10.0. The number of benzene rings is 1. The van der Waals surface area contributed by atoms with Crippen molar-refractivity contribution in [2.24, 2.45) is 0 Å². The summed E-state index contributed by atoms with van der Waals surface area (Å²) in [6.45, 7) is 4.74. The van der Waals surface area contributed by atoms with Crippen LogP contribution in [0.3, 0.4) is 0 Å². The molecule has 0 heterocycles. The van der Waals surface area contributed by atoms with Crippen molar-refractivity contribution in [2.45, 2.75) is 20.0 Å². The molecular weight excluding hydrogens is 249 g/mol. The van der Waals surface area contributed by atoms with Gasteiger partial charge in [-0.3, -0.25) is 0 Å². The van der Waals surface area contributed by atoms with E-state index in [9.17, 15) is 9.50 Å². The van der Waals surface area contributed by atoms with Crippen molar-refractivity contribution in [1.82, 2.24) is 0 Å². The summed E-state index contributed by atoms with van der Waals surface area (Å²) in [4.78, 5) is 1.89. The summed E-state index contributed by atoms with van der Waals surface area (Å²) in [5.74, 6) is -0.338. The molecule has 0 fully saturated rings. The highest BCUT2D eigenvalue weighted by molar-refractivity contribution is 5.56. The molecule has 0 spiro atoms. The average Bonchev–Trinajstić information content (AvgIpc) is 2.37. The van der Waals surface area contributed by atoms with Crippen molar-refractivity contribution < 1.29 is 19.3 Å². The van der Waals surface area contributed by atoms with Crippen LogP contribution in [0.25, 0.3) is 0 Å². The van der Waals surface area contributed by atoms with E-state index in [-0.39, 0.29) is 12.4 Å². The third-order valence-electron chi connectivity index (χ3n) is 3.03. The quantitative estimate of drug-likeness (QED) is 0.791. The normalized spacial score (nSPS) is 12.5. The molecule has 19 heavy (non-hydrogen) atoms. The van der Waals surface area contributed by atoms with E-state index in [4.69, 9.17) is 9.84 Å². The first-order valence-electron chi connectivity index (χ1n) is 6.34. The Bertz CT molecular complexity index is 410. The van der Waals surface area contributed by atoms with Crippen molar-refractivity contribution in [3.63, 3.8) is 0 Å². The lowest BCUT2D eigenvalue weighted by Gasteiger charge is -2.27. The van der Waals surface area contributed by atoms with Gasteiger partial charge in [0.15, 0.2) is 0 Å². The first kappa shape index (κ1) is 15.9. The molecule has 0 saturated carbocycles. The Morgan fingerprint density at radius 2 is 2.05 bits per heavy atom. The zero-order chi connectivity index (χ0) is 14.4. The number of aliphatic hydroxyl groups excluding tert-OH is 2. The third-order valence-corrected chi connectivity index (χ3v) is 3.03. The van der Waals surface area contributed by atoms with Crippen LogP contribution in [0.5, 0.6) is 0 Å². The van der Waals surface area contributed by atoms with Crippen LogP contribution in [0.4, 0.5) is 10.1 Å². The number of methoxy groups -OCH3 is 1. The van der Waals surface area contributed by atoms with Gasteiger partial charge in [-0.25, -0.2) is 4.39 Å². The van der Waals surface area contributed by atoms with Crippen molar-refractivity contribution in [3.05, 3.63) is 29.1 Å². The molecular formula is C14H22FNO3. The Morgan fingerprint density at radius 3 is 2.58 bits per heavy atom. The topological polar surface area (TPSA) is 52.9 Å². The molecule has 0 radical (unpaired) electrons. The largest absolute Gasteiger partial charge is 0.395 e. The molecule has 0 aliphatic carbocycles. The van der Waals surface area contributed by atoms with Gasteiger partial charge in [0.25, 0.3) is 0 Å². The summed E-state index contributed by atoms with van der Waals surface area (Å²) in [5, 5.41) is 18.9. The SMILES string of the molecule is COCCN(CCO)c1cc(C)c(F)cc1C(C)O.